The zero-order chi connectivity index (χ0) is 15.7. The van der Waals surface area contributed by atoms with Crippen LogP contribution in [0.2, 0.25) is 0 Å². The van der Waals surface area contributed by atoms with Gasteiger partial charge in [0.05, 0.1) is 10.6 Å². The van der Waals surface area contributed by atoms with E-state index in [4.69, 9.17) is 12.2 Å². The van der Waals surface area contributed by atoms with Crippen LogP contribution in [0.25, 0.3) is 6.08 Å². The lowest BCUT2D eigenvalue weighted by atomic mass is 10.1. The second kappa shape index (κ2) is 6.10. The summed E-state index contributed by atoms with van der Waals surface area (Å²) in [6, 6.07) is 11.9. The molecule has 0 atom stereocenters. The Morgan fingerprint density at radius 1 is 1.23 bits per heavy atom. The van der Waals surface area contributed by atoms with E-state index in [1.807, 2.05) is 60.3 Å². The number of nitrogens with zero attached hydrogens (tertiary/aromatic N) is 2. The van der Waals surface area contributed by atoms with Crippen LogP contribution in [-0.2, 0) is 18.3 Å². The van der Waals surface area contributed by atoms with Crippen LogP contribution in [-0.4, -0.2) is 14.8 Å². The first-order chi connectivity index (χ1) is 10.6. The number of thioether (sulfide) groups is 1. The van der Waals surface area contributed by atoms with E-state index in [1.54, 1.807) is 4.90 Å². The van der Waals surface area contributed by atoms with Crippen LogP contribution < -0.4 is 4.90 Å². The molecule has 0 aliphatic carbocycles. The van der Waals surface area contributed by atoms with Gasteiger partial charge in [0.1, 0.15) is 0 Å². The van der Waals surface area contributed by atoms with Crippen LogP contribution in [0, 0.1) is 0 Å². The van der Waals surface area contributed by atoms with Crippen LogP contribution in [0.1, 0.15) is 18.2 Å². The summed E-state index contributed by atoms with van der Waals surface area (Å²) in [6.45, 7) is 2.08. The van der Waals surface area contributed by atoms with Crippen molar-refractivity contribution in [3.63, 3.8) is 0 Å². The predicted molar refractivity (Wildman–Crippen MR) is 96.9 cm³/mol. The van der Waals surface area contributed by atoms with E-state index in [2.05, 4.69) is 6.92 Å². The first kappa shape index (κ1) is 15.1. The number of hydrogen-bond acceptors (Lipinski definition) is 3. The highest BCUT2D eigenvalue weighted by molar-refractivity contribution is 8.27. The number of hydrogen-bond donors (Lipinski definition) is 0. The van der Waals surface area contributed by atoms with Crippen LogP contribution in [0.5, 0.6) is 0 Å². The molecule has 1 aromatic carbocycles. The first-order valence-electron chi connectivity index (χ1n) is 7.09. The van der Waals surface area contributed by atoms with Crippen molar-refractivity contribution in [1.29, 1.82) is 0 Å². The third-order valence-electron chi connectivity index (χ3n) is 3.67. The van der Waals surface area contributed by atoms with Crippen molar-refractivity contribution in [2.75, 3.05) is 4.90 Å². The summed E-state index contributed by atoms with van der Waals surface area (Å²) in [5, 5.41) is 0. The number of thiocarbonyl (C=S) groups is 1. The van der Waals surface area contributed by atoms with Gasteiger partial charge in [0.25, 0.3) is 5.91 Å². The van der Waals surface area contributed by atoms with Gasteiger partial charge in [-0.3, -0.25) is 9.69 Å². The van der Waals surface area contributed by atoms with Gasteiger partial charge in [-0.1, -0.05) is 49.1 Å². The van der Waals surface area contributed by atoms with E-state index in [0.29, 0.717) is 9.23 Å². The highest BCUT2D eigenvalue weighted by Gasteiger charge is 2.34. The minimum atomic E-state index is -0.0444. The molecule has 3 nitrogen and oxygen atoms in total. The Labute approximate surface area is 139 Å². The largest absolute Gasteiger partial charge is 0.351 e. The van der Waals surface area contributed by atoms with Crippen molar-refractivity contribution in [1.82, 2.24) is 4.57 Å². The van der Waals surface area contributed by atoms with E-state index < -0.39 is 0 Å². The van der Waals surface area contributed by atoms with E-state index in [9.17, 15) is 4.79 Å². The van der Waals surface area contributed by atoms with Crippen molar-refractivity contribution in [3.05, 3.63) is 58.8 Å². The third-order valence-corrected chi connectivity index (χ3v) is 4.97. The number of benzene rings is 1. The van der Waals surface area contributed by atoms with Gasteiger partial charge in [-0.2, -0.15) is 0 Å². The molecule has 0 saturated carbocycles. The van der Waals surface area contributed by atoms with Crippen LogP contribution >= 0.6 is 24.0 Å². The first-order valence-corrected chi connectivity index (χ1v) is 8.31. The lowest BCUT2D eigenvalue weighted by Crippen LogP contribution is -2.28. The standard InChI is InChI=1S/C17H16N2OS2/c1-3-12-7-4-5-9-14(12)19-16(20)15(22-17(19)21)11-13-8-6-10-18(13)2/h4-11H,3H2,1-2H3/b15-11+. The Bertz CT molecular complexity index is 776. The monoisotopic (exact) mass is 328 g/mol. The number of para-hydroxylation sites is 1. The molecule has 112 valence electrons. The van der Waals surface area contributed by atoms with Crippen molar-refractivity contribution in [2.45, 2.75) is 13.3 Å². The molecule has 0 N–H and O–H groups in total. The third kappa shape index (κ3) is 2.62. The zero-order valence-electron chi connectivity index (χ0n) is 12.4. The Morgan fingerprint density at radius 3 is 2.68 bits per heavy atom. The second-order valence-corrected chi connectivity index (χ2v) is 6.72. The molecule has 2 aromatic rings. The summed E-state index contributed by atoms with van der Waals surface area (Å²) >= 11 is 6.79. The Hall–Kier alpha value is -1.85. The molecule has 1 aliphatic rings. The summed E-state index contributed by atoms with van der Waals surface area (Å²) in [6.07, 6.45) is 4.72. The highest BCUT2D eigenvalue weighted by Crippen LogP contribution is 2.37. The average molecular weight is 328 g/mol. The molecule has 22 heavy (non-hydrogen) atoms. The summed E-state index contributed by atoms with van der Waals surface area (Å²) in [7, 11) is 1.96. The van der Waals surface area contributed by atoms with Crippen LogP contribution in [0.3, 0.4) is 0 Å². The van der Waals surface area contributed by atoms with Crippen molar-refractivity contribution in [2.24, 2.45) is 7.05 Å². The molecule has 5 heteroatoms. The van der Waals surface area contributed by atoms with Gasteiger partial charge in [0.2, 0.25) is 0 Å². The minimum absolute atomic E-state index is 0.0444. The van der Waals surface area contributed by atoms with E-state index in [1.165, 1.54) is 11.8 Å². The fourth-order valence-electron chi connectivity index (χ4n) is 2.46. The molecule has 1 amide bonds. The van der Waals surface area contributed by atoms with Crippen molar-refractivity contribution < 1.29 is 4.79 Å². The summed E-state index contributed by atoms with van der Waals surface area (Å²) < 4.78 is 2.57. The topological polar surface area (TPSA) is 25.2 Å². The van der Waals surface area contributed by atoms with Gasteiger partial charge in [-0.15, -0.1) is 0 Å². The Kier molecular flexibility index (Phi) is 4.18. The predicted octanol–water partition coefficient (Wildman–Crippen LogP) is 3.99. The van der Waals surface area contributed by atoms with Gasteiger partial charge >= 0.3 is 0 Å². The molecule has 1 fully saturated rings. The molecule has 2 heterocycles. The molecule has 0 unspecified atom stereocenters. The van der Waals surface area contributed by atoms with Gasteiger partial charge in [0, 0.05) is 18.9 Å². The zero-order valence-corrected chi connectivity index (χ0v) is 14.1. The smallest absolute Gasteiger partial charge is 0.270 e. The molecule has 0 radical (unpaired) electrons. The SMILES string of the molecule is CCc1ccccc1N1C(=O)/C(=C\c2cccn2C)SC1=S. The molecular weight excluding hydrogens is 312 g/mol. The lowest BCUT2D eigenvalue weighted by molar-refractivity contribution is -0.113. The lowest BCUT2D eigenvalue weighted by Gasteiger charge is -2.18. The van der Waals surface area contributed by atoms with E-state index in [-0.39, 0.29) is 5.91 Å². The highest BCUT2D eigenvalue weighted by atomic mass is 32.2. The summed E-state index contributed by atoms with van der Waals surface area (Å²) in [4.78, 5) is 15.1. The number of anilines is 1. The minimum Gasteiger partial charge on any atom is -0.351 e. The van der Waals surface area contributed by atoms with Gasteiger partial charge in [0.15, 0.2) is 4.32 Å². The van der Waals surface area contributed by atoms with E-state index in [0.717, 1.165) is 23.4 Å². The average Bonchev–Trinajstić information content (AvgIpc) is 3.04. The Morgan fingerprint density at radius 2 is 2.00 bits per heavy atom. The fraction of sp³-hybridized carbons (Fsp3) is 0.176. The fourth-order valence-corrected chi connectivity index (χ4v) is 3.73. The number of amides is 1. The van der Waals surface area contributed by atoms with Crippen molar-refractivity contribution >= 4 is 46.0 Å². The summed E-state index contributed by atoms with van der Waals surface area (Å²) in [5.74, 6) is -0.0444. The van der Waals surface area contributed by atoms with E-state index >= 15 is 0 Å². The maximum absolute atomic E-state index is 12.8. The molecule has 0 bridgehead atoms. The second-order valence-electron chi connectivity index (χ2n) is 5.04. The van der Waals surface area contributed by atoms with Gasteiger partial charge in [-0.05, 0) is 36.3 Å². The molecule has 1 aliphatic heterocycles. The number of rotatable bonds is 3. The number of aryl methyl sites for hydroxylation is 2. The van der Waals surface area contributed by atoms with Gasteiger partial charge in [-0.25, -0.2) is 0 Å². The molecular formula is C17H16N2OS2. The number of aromatic nitrogens is 1. The maximum Gasteiger partial charge on any atom is 0.270 e. The van der Waals surface area contributed by atoms with Crippen LogP contribution in [0.15, 0.2) is 47.5 Å². The Balaban J connectivity index is 1.99. The maximum atomic E-state index is 12.8. The molecule has 0 spiro atoms. The number of carbonyl (C=O) groups is 1. The van der Waals surface area contributed by atoms with Crippen LogP contribution in [0.4, 0.5) is 5.69 Å². The normalized spacial score (nSPS) is 16.8. The molecule has 1 aromatic heterocycles. The quantitative estimate of drug-likeness (QED) is 0.629. The molecule has 1 saturated heterocycles. The molecule has 3 rings (SSSR count). The number of carbonyl (C=O) groups excluding carboxylic acids is 1. The van der Waals surface area contributed by atoms with Gasteiger partial charge < -0.3 is 4.57 Å². The summed E-state index contributed by atoms with van der Waals surface area (Å²) in [5.41, 5.74) is 3.01. The van der Waals surface area contributed by atoms with Crippen molar-refractivity contribution in [3.8, 4) is 0 Å².